The normalized spacial score (nSPS) is 11.4. The van der Waals surface area contributed by atoms with Gasteiger partial charge in [0.15, 0.2) is 17.5 Å². The van der Waals surface area contributed by atoms with Crippen molar-refractivity contribution in [2.24, 2.45) is 0 Å². The Morgan fingerprint density at radius 2 is 0.746 bits per heavy atom. The maximum atomic E-state index is 5.35. The van der Waals surface area contributed by atoms with Gasteiger partial charge in [0, 0.05) is 27.5 Å². The average molecular weight is 753 g/mol. The number of benzene rings is 9. The highest BCUT2D eigenvalue weighted by atomic mass is 15.1. The van der Waals surface area contributed by atoms with Crippen LogP contribution in [0.4, 0.5) is 0 Å². The van der Waals surface area contributed by atoms with Crippen LogP contribution in [-0.2, 0) is 0 Å². The van der Waals surface area contributed by atoms with E-state index in [0.29, 0.717) is 17.5 Å². The summed E-state index contributed by atoms with van der Waals surface area (Å²) in [6.45, 7) is 0. The second-order valence-corrected chi connectivity index (χ2v) is 14.8. The van der Waals surface area contributed by atoms with E-state index >= 15 is 0 Å². The van der Waals surface area contributed by atoms with Crippen molar-refractivity contribution in [1.29, 1.82) is 0 Å². The first-order valence-electron chi connectivity index (χ1n) is 19.9. The molecular weight excluding hydrogens is 717 g/mol. The van der Waals surface area contributed by atoms with Gasteiger partial charge in [0.2, 0.25) is 0 Å². The van der Waals surface area contributed by atoms with Crippen molar-refractivity contribution in [3.05, 3.63) is 218 Å². The third kappa shape index (κ3) is 6.24. The van der Waals surface area contributed by atoms with Crippen molar-refractivity contribution in [2.45, 2.75) is 0 Å². The molecule has 0 amide bonds. The van der Waals surface area contributed by atoms with Crippen LogP contribution in [0.2, 0.25) is 0 Å². The third-order valence-corrected chi connectivity index (χ3v) is 11.3. The summed E-state index contributed by atoms with van der Waals surface area (Å²) in [5, 5.41) is 4.80. The molecular formula is C55H36N4. The lowest BCUT2D eigenvalue weighted by Gasteiger charge is -2.17. The molecule has 0 aliphatic heterocycles. The molecule has 2 aromatic heterocycles. The summed E-state index contributed by atoms with van der Waals surface area (Å²) >= 11 is 0. The van der Waals surface area contributed by atoms with Gasteiger partial charge in [-0.1, -0.05) is 188 Å². The van der Waals surface area contributed by atoms with Crippen LogP contribution in [0, 0.1) is 0 Å². The number of aromatic nitrogens is 4. The Labute approximate surface area is 342 Å². The van der Waals surface area contributed by atoms with Gasteiger partial charge in [-0.2, -0.15) is 0 Å². The molecule has 4 heteroatoms. The van der Waals surface area contributed by atoms with E-state index in [4.69, 9.17) is 15.0 Å². The van der Waals surface area contributed by atoms with Gasteiger partial charge in [-0.25, -0.2) is 15.0 Å². The van der Waals surface area contributed by atoms with E-state index in [1.807, 2.05) is 12.1 Å². The van der Waals surface area contributed by atoms with Gasteiger partial charge in [0.1, 0.15) is 0 Å². The van der Waals surface area contributed by atoms with Crippen molar-refractivity contribution in [1.82, 2.24) is 19.5 Å². The molecule has 4 nitrogen and oxygen atoms in total. The monoisotopic (exact) mass is 752 g/mol. The predicted octanol–water partition coefficient (Wildman–Crippen LogP) is 14.1. The molecule has 0 N–H and O–H groups in total. The van der Waals surface area contributed by atoms with E-state index in [-0.39, 0.29) is 0 Å². The first-order valence-corrected chi connectivity index (χ1v) is 19.9. The Balaban J connectivity index is 1.17. The molecule has 0 bridgehead atoms. The van der Waals surface area contributed by atoms with Crippen molar-refractivity contribution in [3.63, 3.8) is 0 Å². The van der Waals surface area contributed by atoms with E-state index in [0.717, 1.165) is 61.2 Å². The van der Waals surface area contributed by atoms with Gasteiger partial charge in [-0.15, -0.1) is 0 Å². The molecule has 2 heterocycles. The molecule has 0 aliphatic carbocycles. The Bertz CT molecular complexity index is 3250. The van der Waals surface area contributed by atoms with Gasteiger partial charge < -0.3 is 4.57 Å². The number of rotatable bonds is 7. The quantitative estimate of drug-likeness (QED) is 0.163. The molecule has 276 valence electrons. The van der Waals surface area contributed by atoms with Crippen LogP contribution in [0.25, 0.3) is 106 Å². The molecule has 0 unspecified atom stereocenters. The highest BCUT2D eigenvalue weighted by molar-refractivity contribution is 6.10. The van der Waals surface area contributed by atoms with E-state index < -0.39 is 0 Å². The fraction of sp³-hybridized carbons (Fsp3) is 0. The lowest BCUT2D eigenvalue weighted by Crippen LogP contribution is -2.04. The Morgan fingerprint density at radius 1 is 0.271 bits per heavy atom. The zero-order valence-corrected chi connectivity index (χ0v) is 32.1. The third-order valence-electron chi connectivity index (χ3n) is 11.3. The van der Waals surface area contributed by atoms with Crippen LogP contribution < -0.4 is 0 Å². The molecule has 0 aliphatic rings. The summed E-state index contributed by atoms with van der Waals surface area (Å²) < 4.78 is 2.38. The fourth-order valence-corrected chi connectivity index (χ4v) is 8.40. The highest BCUT2D eigenvalue weighted by Gasteiger charge is 2.21. The largest absolute Gasteiger partial charge is 0.308 e. The van der Waals surface area contributed by atoms with E-state index in [1.54, 1.807) is 0 Å². The van der Waals surface area contributed by atoms with Crippen molar-refractivity contribution in [3.8, 4) is 73.2 Å². The molecule has 0 radical (unpaired) electrons. The number of hydrogen-bond donors (Lipinski definition) is 0. The molecule has 0 atom stereocenters. The smallest absolute Gasteiger partial charge is 0.166 e. The summed E-state index contributed by atoms with van der Waals surface area (Å²) in [4.78, 5) is 15.9. The van der Waals surface area contributed by atoms with E-state index in [9.17, 15) is 0 Å². The van der Waals surface area contributed by atoms with Crippen molar-refractivity contribution in [2.75, 3.05) is 0 Å². The Kier molecular flexibility index (Phi) is 8.45. The van der Waals surface area contributed by atoms with Crippen LogP contribution in [0.3, 0.4) is 0 Å². The summed E-state index contributed by atoms with van der Waals surface area (Å²) in [6, 6.07) is 77.0. The molecule has 0 saturated heterocycles. The average Bonchev–Trinajstić information content (AvgIpc) is 3.66. The maximum Gasteiger partial charge on any atom is 0.166 e. The summed E-state index contributed by atoms with van der Waals surface area (Å²) in [7, 11) is 0. The first-order chi connectivity index (χ1) is 29.2. The first kappa shape index (κ1) is 34.3. The van der Waals surface area contributed by atoms with Gasteiger partial charge in [-0.05, 0) is 74.5 Å². The van der Waals surface area contributed by atoms with E-state index in [1.165, 1.54) is 27.1 Å². The minimum absolute atomic E-state index is 0.601. The second kappa shape index (κ2) is 14.5. The predicted molar refractivity (Wildman–Crippen MR) is 244 cm³/mol. The minimum atomic E-state index is 0.601. The van der Waals surface area contributed by atoms with Gasteiger partial charge in [-0.3, -0.25) is 0 Å². The zero-order valence-electron chi connectivity index (χ0n) is 32.1. The topological polar surface area (TPSA) is 43.6 Å². The molecule has 9 aromatic carbocycles. The SMILES string of the molecule is c1ccc(-c2ccc(-c3nc(-c4cccc(-c5ccccc5)c4)nc(-c4ccc(-c5cccc6ccccc56)cc4-n4c5ccccc5c5ccccc54)n3)cc2)cc1. The molecule has 0 saturated carbocycles. The van der Waals surface area contributed by atoms with Crippen LogP contribution in [-0.4, -0.2) is 19.5 Å². The molecule has 0 fully saturated rings. The molecule has 11 aromatic rings. The fourth-order valence-electron chi connectivity index (χ4n) is 8.40. The van der Waals surface area contributed by atoms with Gasteiger partial charge in [0.05, 0.1) is 16.7 Å². The second-order valence-electron chi connectivity index (χ2n) is 14.8. The van der Waals surface area contributed by atoms with Crippen molar-refractivity contribution >= 4 is 32.6 Å². The standard InChI is InChI=1S/C55H36N4/c1-3-15-37(16-4-1)39-29-31-41(32-30-39)53-56-54(44-22-13-21-42(35-44)38-17-5-2-6-18-38)58-55(57-53)49-34-33-43(46-26-14-20-40-19-7-8-23-45(40)46)36-52(49)59-50-27-11-9-24-47(50)48-25-10-12-28-51(48)59/h1-36H. The minimum Gasteiger partial charge on any atom is -0.308 e. The molecule has 11 rings (SSSR count). The Hall–Kier alpha value is -7.95. The van der Waals surface area contributed by atoms with Crippen LogP contribution in [0.1, 0.15) is 0 Å². The Morgan fingerprint density at radius 3 is 1.46 bits per heavy atom. The summed E-state index contributed by atoms with van der Waals surface area (Å²) in [6.07, 6.45) is 0. The zero-order chi connectivity index (χ0) is 39.1. The van der Waals surface area contributed by atoms with Crippen LogP contribution in [0.15, 0.2) is 218 Å². The van der Waals surface area contributed by atoms with Crippen LogP contribution >= 0.6 is 0 Å². The maximum absolute atomic E-state index is 5.35. The number of fused-ring (bicyclic) bond motifs is 4. The van der Waals surface area contributed by atoms with Crippen LogP contribution in [0.5, 0.6) is 0 Å². The highest BCUT2D eigenvalue weighted by Crippen LogP contribution is 2.40. The summed E-state index contributed by atoms with van der Waals surface area (Å²) in [5.41, 5.74) is 12.8. The summed E-state index contributed by atoms with van der Waals surface area (Å²) in [5.74, 6) is 1.82. The van der Waals surface area contributed by atoms with Gasteiger partial charge >= 0.3 is 0 Å². The van der Waals surface area contributed by atoms with Gasteiger partial charge in [0.25, 0.3) is 0 Å². The lowest BCUT2D eigenvalue weighted by atomic mass is 9.96. The van der Waals surface area contributed by atoms with Crippen molar-refractivity contribution < 1.29 is 0 Å². The number of para-hydroxylation sites is 2. The number of hydrogen-bond acceptors (Lipinski definition) is 3. The number of nitrogens with zero attached hydrogens (tertiary/aromatic N) is 4. The lowest BCUT2D eigenvalue weighted by molar-refractivity contribution is 1.06. The molecule has 59 heavy (non-hydrogen) atoms. The van der Waals surface area contributed by atoms with E-state index in [2.05, 4.69) is 211 Å². The molecule has 0 spiro atoms.